The fourth-order valence-electron chi connectivity index (χ4n) is 5.68. The molecule has 0 aliphatic carbocycles. The SMILES string of the molecule is COc1ccc(CCNC(=O)[C@H](CCc2ccccc2)NC(=O)c2ccc3c(c2)c(CC(N)=O)cn3Cc2ccc(C(F)(F)F)cc2)cc1. The molecule has 0 saturated heterocycles. The molecule has 8 nitrogen and oxygen atoms in total. The van der Waals surface area contributed by atoms with Gasteiger partial charge in [-0.15, -0.1) is 0 Å². The Labute approximate surface area is 282 Å². The van der Waals surface area contributed by atoms with Crippen LogP contribution in [-0.2, 0) is 41.6 Å². The van der Waals surface area contributed by atoms with E-state index in [0.717, 1.165) is 29.0 Å². The lowest BCUT2D eigenvalue weighted by atomic mass is 10.0. The van der Waals surface area contributed by atoms with E-state index in [0.29, 0.717) is 47.8 Å². The van der Waals surface area contributed by atoms with E-state index in [1.54, 1.807) is 36.1 Å². The highest BCUT2D eigenvalue weighted by molar-refractivity contribution is 6.01. The molecule has 4 aromatic carbocycles. The van der Waals surface area contributed by atoms with Crippen LogP contribution in [0.15, 0.2) is 103 Å². The number of fused-ring (bicyclic) bond motifs is 1. The van der Waals surface area contributed by atoms with Gasteiger partial charge in [-0.2, -0.15) is 13.2 Å². The molecule has 5 aromatic rings. The van der Waals surface area contributed by atoms with E-state index in [1.165, 1.54) is 12.1 Å². The molecule has 5 rings (SSSR count). The van der Waals surface area contributed by atoms with Gasteiger partial charge in [0.2, 0.25) is 11.8 Å². The van der Waals surface area contributed by atoms with Crippen LogP contribution in [0, 0.1) is 0 Å². The van der Waals surface area contributed by atoms with Crippen LogP contribution in [0.4, 0.5) is 13.2 Å². The summed E-state index contributed by atoms with van der Waals surface area (Å²) in [6, 6.07) is 26.2. The number of aryl methyl sites for hydroxylation is 1. The molecule has 0 radical (unpaired) electrons. The largest absolute Gasteiger partial charge is 0.497 e. The Morgan fingerprint density at radius 3 is 2.18 bits per heavy atom. The van der Waals surface area contributed by atoms with Crippen molar-refractivity contribution in [3.63, 3.8) is 0 Å². The number of alkyl halides is 3. The molecule has 1 heterocycles. The number of nitrogens with one attached hydrogen (secondary N) is 2. The molecule has 254 valence electrons. The van der Waals surface area contributed by atoms with Crippen LogP contribution in [0.3, 0.4) is 0 Å². The first kappa shape index (κ1) is 34.7. The molecule has 0 aliphatic heterocycles. The second-order valence-corrected chi connectivity index (χ2v) is 11.8. The number of aromatic nitrogens is 1. The van der Waals surface area contributed by atoms with Gasteiger partial charge in [0.15, 0.2) is 0 Å². The third-order valence-corrected chi connectivity index (χ3v) is 8.28. The van der Waals surface area contributed by atoms with Crippen LogP contribution >= 0.6 is 0 Å². The molecule has 11 heteroatoms. The number of hydrogen-bond donors (Lipinski definition) is 3. The van der Waals surface area contributed by atoms with E-state index in [4.69, 9.17) is 10.5 Å². The number of amides is 3. The predicted octanol–water partition coefficient (Wildman–Crippen LogP) is 5.83. The molecule has 0 spiro atoms. The van der Waals surface area contributed by atoms with Crippen molar-refractivity contribution in [1.82, 2.24) is 15.2 Å². The van der Waals surface area contributed by atoms with Gasteiger partial charge in [0.05, 0.1) is 19.1 Å². The number of ether oxygens (including phenoxy) is 1. The predicted molar refractivity (Wildman–Crippen MR) is 181 cm³/mol. The molecule has 3 amide bonds. The van der Waals surface area contributed by atoms with Gasteiger partial charge in [-0.05, 0) is 84.0 Å². The van der Waals surface area contributed by atoms with Gasteiger partial charge in [0.1, 0.15) is 11.8 Å². The Morgan fingerprint density at radius 2 is 1.53 bits per heavy atom. The molecule has 0 fully saturated rings. The summed E-state index contributed by atoms with van der Waals surface area (Å²) in [7, 11) is 1.60. The highest BCUT2D eigenvalue weighted by Crippen LogP contribution is 2.30. The van der Waals surface area contributed by atoms with E-state index in [1.807, 2.05) is 54.6 Å². The fraction of sp³-hybridized carbons (Fsp3) is 0.237. The number of hydrogen-bond acceptors (Lipinski definition) is 4. The van der Waals surface area contributed by atoms with Crippen molar-refractivity contribution in [2.24, 2.45) is 5.73 Å². The molecule has 1 aromatic heterocycles. The van der Waals surface area contributed by atoms with Gasteiger partial charge < -0.3 is 25.7 Å². The summed E-state index contributed by atoms with van der Waals surface area (Å²) >= 11 is 0. The van der Waals surface area contributed by atoms with Crippen molar-refractivity contribution < 1.29 is 32.3 Å². The highest BCUT2D eigenvalue weighted by Gasteiger charge is 2.30. The van der Waals surface area contributed by atoms with Gasteiger partial charge in [-0.3, -0.25) is 14.4 Å². The van der Waals surface area contributed by atoms with Crippen molar-refractivity contribution in [3.8, 4) is 5.75 Å². The molecule has 49 heavy (non-hydrogen) atoms. The lowest BCUT2D eigenvalue weighted by Crippen LogP contribution is -2.47. The number of benzene rings is 4. The monoisotopic (exact) mass is 670 g/mol. The van der Waals surface area contributed by atoms with Crippen molar-refractivity contribution in [2.75, 3.05) is 13.7 Å². The summed E-state index contributed by atoms with van der Waals surface area (Å²) in [5.41, 5.74) is 8.97. The van der Waals surface area contributed by atoms with E-state index >= 15 is 0 Å². The van der Waals surface area contributed by atoms with Crippen LogP contribution in [-0.4, -0.2) is 42.0 Å². The van der Waals surface area contributed by atoms with E-state index in [-0.39, 0.29) is 24.4 Å². The summed E-state index contributed by atoms with van der Waals surface area (Å²) in [6.45, 7) is 0.606. The number of nitrogens with zero attached hydrogens (tertiary/aromatic N) is 1. The molecule has 0 unspecified atom stereocenters. The molecule has 4 N–H and O–H groups in total. The average Bonchev–Trinajstić information content (AvgIpc) is 3.42. The first-order valence-corrected chi connectivity index (χ1v) is 15.8. The second kappa shape index (κ2) is 15.5. The van der Waals surface area contributed by atoms with Crippen molar-refractivity contribution in [3.05, 3.63) is 137 Å². The normalized spacial score (nSPS) is 12.0. The first-order valence-electron chi connectivity index (χ1n) is 15.8. The lowest BCUT2D eigenvalue weighted by molar-refractivity contribution is -0.137. The third-order valence-electron chi connectivity index (χ3n) is 8.28. The number of rotatable bonds is 14. The molecule has 0 aliphatic rings. The summed E-state index contributed by atoms with van der Waals surface area (Å²) in [5.74, 6) is -0.607. The smallest absolute Gasteiger partial charge is 0.416 e. The maximum atomic E-state index is 13.6. The molecular weight excluding hydrogens is 633 g/mol. The average molecular weight is 671 g/mol. The number of nitrogens with two attached hydrogens (primary N) is 1. The molecule has 0 bridgehead atoms. The number of carbonyl (C=O) groups excluding carboxylic acids is 3. The fourth-order valence-corrected chi connectivity index (χ4v) is 5.68. The minimum Gasteiger partial charge on any atom is -0.497 e. The quantitative estimate of drug-likeness (QED) is 0.138. The van der Waals surface area contributed by atoms with E-state index in [9.17, 15) is 27.6 Å². The van der Waals surface area contributed by atoms with E-state index < -0.39 is 29.6 Å². The van der Waals surface area contributed by atoms with Gasteiger partial charge >= 0.3 is 6.18 Å². The number of primary amides is 1. The maximum Gasteiger partial charge on any atom is 0.416 e. The minimum absolute atomic E-state index is 0.0993. The number of halogens is 3. The lowest BCUT2D eigenvalue weighted by Gasteiger charge is -2.19. The Morgan fingerprint density at radius 1 is 0.857 bits per heavy atom. The Balaban J connectivity index is 1.34. The van der Waals surface area contributed by atoms with Crippen LogP contribution in [0.2, 0.25) is 0 Å². The first-order chi connectivity index (χ1) is 23.5. The molecule has 1 atom stereocenters. The highest BCUT2D eigenvalue weighted by atomic mass is 19.4. The maximum absolute atomic E-state index is 13.6. The van der Waals surface area contributed by atoms with Crippen LogP contribution in [0.5, 0.6) is 5.75 Å². The van der Waals surface area contributed by atoms with Crippen LogP contribution < -0.4 is 21.1 Å². The minimum atomic E-state index is -4.44. The number of carbonyl (C=O) groups is 3. The third kappa shape index (κ3) is 9.28. The van der Waals surface area contributed by atoms with E-state index in [2.05, 4.69) is 10.6 Å². The summed E-state index contributed by atoms with van der Waals surface area (Å²) in [5, 5.41) is 6.45. The molecular formula is C38H37F3N4O4. The van der Waals surface area contributed by atoms with Crippen LogP contribution in [0.1, 0.15) is 44.6 Å². The van der Waals surface area contributed by atoms with Crippen molar-refractivity contribution >= 4 is 28.6 Å². The zero-order valence-corrected chi connectivity index (χ0v) is 26.9. The van der Waals surface area contributed by atoms with Gasteiger partial charge in [-0.25, -0.2) is 0 Å². The zero-order chi connectivity index (χ0) is 35.0. The molecule has 0 saturated carbocycles. The summed E-state index contributed by atoms with van der Waals surface area (Å²) in [6.07, 6.45) is -1.30. The van der Waals surface area contributed by atoms with Gasteiger partial charge in [-0.1, -0.05) is 54.6 Å². The van der Waals surface area contributed by atoms with Crippen molar-refractivity contribution in [1.29, 1.82) is 0 Å². The second-order valence-electron chi connectivity index (χ2n) is 11.8. The summed E-state index contributed by atoms with van der Waals surface area (Å²) in [4.78, 5) is 38.9. The van der Waals surface area contributed by atoms with Crippen LogP contribution in [0.25, 0.3) is 10.9 Å². The van der Waals surface area contributed by atoms with Gasteiger partial charge in [0, 0.05) is 35.8 Å². The number of methoxy groups -OCH3 is 1. The van der Waals surface area contributed by atoms with Crippen molar-refractivity contribution in [2.45, 2.75) is 44.4 Å². The Bertz CT molecular complexity index is 1900. The standard InChI is InChI=1S/C38H37F3N4O4/c1-49-31-15-9-26(10-16-31)19-20-43-37(48)33(17-11-25-5-3-2-4-6-25)44-36(47)28-12-18-34-32(21-28)29(22-35(42)46)24-45(34)23-27-7-13-30(14-8-27)38(39,40)41/h2-10,12-16,18,21,24,33H,11,17,19-20,22-23H2,1H3,(H2,42,46)(H,43,48)(H,44,47)/t33-/m0/s1. The Hall–Kier alpha value is -5.58. The topological polar surface area (TPSA) is 115 Å². The Kier molecular flexibility index (Phi) is 11.0. The zero-order valence-electron chi connectivity index (χ0n) is 26.9. The van der Waals surface area contributed by atoms with Gasteiger partial charge in [0.25, 0.3) is 5.91 Å². The summed E-state index contributed by atoms with van der Waals surface area (Å²) < 4.78 is 46.2.